The van der Waals surface area contributed by atoms with E-state index in [0.717, 1.165) is 11.5 Å². The number of amides is 1. The molecule has 0 heterocycles. The Labute approximate surface area is 164 Å². The van der Waals surface area contributed by atoms with E-state index in [1.54, 1.807) is 7.11 Å². The van der Waals surface area contributed by atoms with Crippen LogP contribution in [0.1, 0.15) is 6.92 Å². The zero-order valence-electron chi connectivity index (χ0n) is 16.0. The van der Waals surface area contributed by atoms with Gasteiger partial charge < -0.3 is 25.4 Å². The highest BCUT2D eigenvalue weighted by Crippen LogP contribution is 2.16. The van der Waals surface area contributed by atoms with E-state index >= 15 is 0 Å². The number of carbonyl (C=O) groups excluding carboxylic acids is 1. The molecular formula is C20H25FN4O3. The number of carbonyl (C=O) groups is 1. The Kier molecular flexibility index (Phi) is 8.58. The van der Waals surface area contributed by atoms with Gasteiger partial charge in [-0.1, -0.05) is 0 Å². The summed E-state index contributed by atoms with van der Waals surface area (Å²) >= 11 is 0. The Morgan fingerprint density at radius 2 is 1.71 bits per heavy atom. The zero-order chi connectivity index (χ0) is 20.2. The molecule has 0 unspecified atom stereocenters. The Morgan fingerprint density at radius 1 is 1.04 bits per heavy atom. The summed E-state index contributed by atoms with van der Waals surface area (Å²) < 4.78 is 23.6. The third-order valence-electron chi connectivity index (χ3n) is 3.58. The molecule has 0 aliphatic heterocycles. The molecule has 0 saturated heterocycles. The van der Waals surface area contributed by atoms with Crippen molar-refractivity contribution in [2.24, 2.45) is 4.99 Å². The van der Waals surface area contributed by atoms with E-state index in [9.17, 15) is 9.18 Å². The molecule has 0 radical (unpaired) electrons. The number of nitrogens with one attached hydrogen (secondary N) is 3. The van der Waals surface area contributed by atoms with Crippen LogP contribution in [0.15, 0.2) is 53.5 Å². The van der Waals surface area contributed by atoms with Crippen LogP contribution in [0.25, 0.3) is 0 Å². The highest BCUT2D eigenvalue weighted by atomic mass is 19.1. The van der Waals surface area contributed by atoms with Crippen LogP contribution in [0.4, 0.5) is 10.1 Å². The smallest absolute Gasteiger partial charge is 0.246 e. The fourth-order valence-electron chi connectivity index (χ4n) is 2.24. The molecule has 0 saturated carbocycles. The molecule has 28 heavy (non-hydrogen) atoms. The minimum absolute atomic E-state index is 0.0634. The van der Waals surface area contributed by atoms with Gasteiger partial charge in [0.2, 0.25) is 5.91 Å². The second-order valence-corrected chi connectivity index (χ2v) is 5.70. The van der Waals surface area contributed by atoms with Gasteiger partial charge in [-0.3, -0.25) is 4.79 Å². The first-order valence-corrected chi connectivity index (χ1v) is 8.95. The van der Waals surface area contributed by atoms with E-state index in [4.69, 9.17) is 9.47 Å². The molecule has 2 aromatic rings. The van der Waals surface area contributed by atoms with Gasteiger partial charge in [0.1, 0.15) is 30.5 Å². The lowest BCUT2D eigenvalue weighted by Gasteiger charge is -2.12. The van der Waals surface area contributed by atoms with Crippen LogP contribution in [0.3, 0.4) is 0 Å². The van der Waals surface area contributed by atoms with Gasteiger partial charge in [0, 0.05) is 12.2 Å². The Morgan fingerprint density at radius 3 is 2.36 bits per heavy atom. The van der Waals surface area contributed by atoms with E-state index in [0.29, 0.717) is 31.3 Å². The van der Waals surface area contributed by atoms with Crippen LogP contribution >= 0.6 is 0 Å². The fourth-order valence-corrected chi connectivity index (χ4v) is 2.24. The predicted molar refractivity (Wildman–Crippen MR) is 108 cm³/mol. The number of benzene rings is 2. The topological polar surface area (TPSA) is 84.0 Å². The van der Waals surface area contributed by atoms with Gasteiger partial charge in [0.15, 0.2) is 5.96 Å². The SMILES string of the molecule is CCNC(=NCC(=O)Nc1ccc(F)cc1)NCCOc1ccc(OC)cc1. The fraction of sp³-hybridized carbons (Fsp3) is 0.300. The number of aliphatic imine (C=N–C) groups is 1. The maximum absolute atomic E-state index is 12.9. The lowest BCUT2D eigenvalue weighted by Crippen LogP contribution is -2.39. The standard InChI is InChI=1S/C20H25FN4O3/c1-3-22-20(23-12-13-28-18-10-8-17(27-2)9-11-18)24-14-19(26)25-16-6-4-15(21)5-7-16/h4-11H,3,12-14H2,1-2H3,(H,25,26)(H2,22,23,24). The van der Waals surface area contributed by atoms with E-state index in [1.807, 2.05) is 31.2 Å². The van der Waals surface area contributed by atoms with Gasteiger partial charge in [0.25, 0.3) is 0 Å². The average Bonchev–Trinajstić information content (AvgIpc) is 2.71. The average molecular weight is 388 g/mol. The summed E-state index contributed by atoms with van der Waals surface area (Å²) in [6.07, 6.45) is 0. The first kappa shape index (κ1) is 21.0. The summed E-state index contributed by atoms with van der Waals surface area (Å²) in [7, 11) is 1.61. The Balaban J connectivity index is 1.75. The molecule has 2 rings (SSSR count). The normalized spacial score (nSPS) is 10.9. The molecule has 0 atom stereocenters. The summed E-state index contributed by atoms with van der Waals surface area (Å²) in [5, 5.41) is 8.82. The van der Waals surface area contributed by atoms with Gasteiger partial charge in [-0.05, 0) is 55.5 Å². The van der Waals surface area contributed by atoms with Gasteiger partial charge in [-0.25, -0.2) is 9.38 Å². The molecule has 1 amide bonds. The highest BCUT2D eigenvalue weighted by molar-refractivity contribution is 5.94. The highest BCUT2D eigenvalue weighted by Gasteiger charge is 2.04. The Bertz CT molecular complexity index is 764. The van der Waals surface area contributed by atoms with Crippen molar-refractivity contribution in [3.63, 3.8) is 0 Å². The number of methoxy groups -OCH3 is 1. The second kappa shape index (κ2) is 11.4. The number of nitrogens with zero attached hydrogens (tertiary/aromatic N) is 1. The van der Waals surface area contributed by atoms with Crippen LogP contribution in [0.5, 0.6) is 11.5 Å². The van der Waals surface area contributed by atoms with Crippen LogP contribution in [-0.2, 0) is 4.79 Å². The molecule has 0 spiro atoms. The molecule has 0 aliphatic carbocycles. The molecule has 0 aliphatic rings. The van der Waals surface area contributed by atoms with Crippen molar-refractivity contribution in [3.8, 4) is 11.5 Å². The van der Waals surface area contributed by atoms with E-state index in [1.165, 1.54) is 24.3 Å². The number of rotatable bonds is 9. The second-order valence-electron chi connectivity index (χ2n) is 5.70. The summed E-state index contributed by atoms with van der Waals surface area (Å²) in [6.45, 7) is 3.47. The number of ether oxygens (including phenoxy) is 2. The number of hydrogen-bond acceptors (Lipinski definition) is 4. The molecule has 0 bridgehead atoms. The number of anilines is 1. The number of guanidine groups is 1. The Hall–Kier alpha value is -3.29. The van der Waals surface area contributed by atoms with Crippen LogP contribution < -0.4 is 25.4 Å². The first-order chi connectivity index (χ1) is 13.6. The lowest BCUT2D eigenvalue weighted by molar-refractivity contribution is -0.114. The lowest BCUT2D eigenvalue weighted by atomic mass is 10.3. The van der Waals surface area contributed by atoms with Crippen molar-refractivity contribution in [1.82, 2.24) is 10.6 Å². The minimum Gasteiger partial charge on any atom is -0.497 e. The molecule has 150 valence electrons. The van der Waals surface area contributed by atoms with E-state index in [-0.39, 0.29) is 18.3 Å². The quantitative estimate of drug-likeness (QED) is 0.349. The number of halogens is 1. The molecule has 3 N–H and O–H groups in total. The third-order valence-corrected chi connectivity index (χ3v) is 3.58. The van der Waals surface area contributed by atoms with Gasteiger partial charge in [0.05, 0.1) is 13.7 Å². The van der Waals surface area contributed by atoms with Crippen LogP contribution in [0, 0.1) is 5.82 Å². The predicted octanol–water partition coefficient (Wildman–Crippen LogP) is 2.41. The molecule has 7 nitrogen and oxygen atoms in total. The third kappa shape index (κ3) is 7.53. The monoisotopic (exact) mass is 388 g/mol. The molecular weight excluding hydrogens is 363 g/mol. The maximum atomic E-state index is 12.9. The molecule has 2 aromatic carbocycles. The molecule has 8 heteroatoms. The molecule has 0 fully saturated rings. The van der Waals surface area contributed by atoms with E-state index in [2.05, 4.69) is 20.9 Å². The zero-order valence-corrected chi connectivity index (χ0v) is 16.0. The van der Waals surface area contributed by atoms with Crippen molar-refractivity contribution in [2.75, 3.05) is 38.7 Å². The van der Waals surface area contributed by atoms with Gasteiger partial charge in [-0.15, -0.1) is 0 Å². The summed E-state index contributed by atoms with van der Waals surface area (Å²) in [4.78, 5) is 16.2. The van der Waals surface area contributed by atoms with Crippen molar-refractivity contribution in [3.05, 3.63) is 54.3 Å². The largest absolute Gasteiger partial charge is 0.497 e. The van der Waals surface area contributed by atoms with Gasteiger partial charge >= 0.3 is 0 Å². The number of hydrogen-bond donors (Lipinski definition) is 3. The van der Waals surface area contributed by atoms with Crippen molar-refractivity contribution in [1.29, 1.82) is 0 Å². The van der Waals surface area contributed by atoms with Crippen LogP contribution in [0.2, 0.25) is 0 Å². The molecule has 0 aromatic heterocycles. The summed E-state index contributed by atoms with van der Waals surface area (Å²) in [6, 6.07) is 12.9. The summed E-state index contributed by atoms with van der Waals surface area (Å²) in [5.74, 6) is 1.37. The van der Waals surface area contributed by atoms with Crippen LogP contribution in [-0.4, -0.2) is 45.2 Å². The van der Waals surface area contributed by atoms with Gasteiger partial charge in [-0.2, -0.15) is 0 Å². The van der Waals surface area contributed by atoms with E-state index < -0.39 is 0 Å². The van der Waals surface area contributed by atoms with Crippen molar-refractivity contribution in [2.45, 2.75) is 6.92 Å². The van der Waals surface area contributed by atoms with Crippen molar-refractivity contribution < 1.29 is 18.7 Å². The minimum atomic E-state index is -0.355. The van der Waals surface area contributed by atoms with Crippen molar-refractivity contribution >= 4 is 17.6 Å². The first-order valence-electron chi connectivity index (χ1n) is 8.95. The summed E-state index contributed by atoms with van der Waals surface area (Å²) in [5.41, 5.74) is 0.521. The maximum Gasteiger partial charge on any atom is 0.246 e.